The number of hydrogen-bond acceptors (Lipinski definition) is 3. The first-order valence-electron chi connectivity index (χ1n) is 5.51. The molecule has 18 heavy (non-hydrogen) atoms. The molecule has 1 aromatic carbocycles. The van der Waals surface area contributed by atoms with Gasteiger partial charge in [0.25, 0.3) is 0 Å². The summed E-state index contributed by atoms with van der Waals surface area (Å²) in [7, 11) is 1.58. The van der Waals surface area contributed by atoms with Gasteiger partial charge in [0, 0.05) is 12.6 Å². The van der Waals surface area contributed by atoms with Crippen molar-refractivity contribution in [3.63, 3.8) is 0 Å². The zero-order valence-electron chi connectivity index (χ0n) is 10.4. The van der Waals surface area contributed by atoms with Crippen LogP contribution in [0.25, 0.3) is 11.4 Å². The lowest BCUT2D eigenvalue weighted by molar-refractivity contribution is 0.607. The Morgan fingerprint density at radius 3 is 2.50 bits per heavy atom. The second-order valence-corrected chi connectivity index (χ2v) is 4.00. The third-order valence-electron chi connectivity index (χ3n) is 2.69. The highest BCUT2D eigenvalue weighted by atomic mass is 19.1. The average molecular weight is 249 g/mol. The van der Waals surface area contributed by atoms with E-state index in [1.807, 2.05) is 6.92 Å². The van der Waals surface area contributed by atoms with E-state index in [4.69, 9.17) is 0 Å². The van der Waals surface area contributed by atoms with Crippen LogP contribution in [-0.4, -0.2) is 17.0 Å². The number of rotatable bonds is 2. The van der Waals surface area contributed by atoms with E-state index in [2.05, 4.69) is 15.3 Å². The summed E-state index contributed by atoms with van der Waals surface area (Å²) in [5, 5.41) is 2.66. The van der Waals surface area contributed by atoms with Gasteiger partial charge in [0.05, 0.1) is 5.69 Å². The lowest BCUT2D eigenvalue weighted by Crippen LogP contribution is -2.04. The number of anilines is 1. The van der Waals surface area contributed by atoms with E-state index in [0.717, 1.165) is 5.56 Å². The first-order valence-corrected chi connectivity index (χ1v) is 5.51. The van der Waals surface area contributed by atoms with Gasteiger partial charge >= 0.3 is 0 Å². The molecule has 0 unspecified atom stereocenters. The minimum atomic E-state index is -0.490. The van der Waals surface area contributed by atoms with Crippen LogP contribution in [0.5, 0.6) is 0 Å². The number of hydrogen-bond donors (Lipinski definition) is 1. The van der Waals surface area contributed by atoms with E-state index in [0.29, 0.717) is 11.4 Å². The first kappa shape index (κ1) is 12.4. The van der Waals surface area contributed by atoms with Gasteiger partial charge in [0.1, 0.15) is 5.82 Å². The first-order chi connectivity index (χ1) is 8.52. The van der Waals surface area contributed by atoms with Crippen molar-refractivity contribution in [1.29, 1.82) is 0 Å². The Morgan fingerprint density at radius 2 is 1.83 bits per heavy atom. The fourth-order valence-electron chi connectivity index (χ4n) is 1.68. The summed E-state index contributed by atoms with van der Waals surface area (Å²) in [4.78, 5) is 8.12. The van der Waals surface area contributed by atoms with Crippen LogP contribution in [0.2, 0.25) is 0 Å². The fraction of sp³-hybridized carbons (Fsp3) is 0.231. The summed E-state index contributed by atoms with van der Waals surface area (Å²) in [6.07, 6.45) is 0. The van der Waals surface area contributed by atoms with Crippen molar-refractivity contribution in [3.8, 4) is 11.4 Å². The summed E-state index contributed by atoms with van der Waals surface area (Å²) in [5.41, 5.74) is 1.63. The minimum Gasteiger partial charge on any atom is -0.371 e. The normalized spacial score (nSPS) is 10.5. The molecule has 1 heterocycles. The number of halogens is 2. The van der Waals surface area contributed by atoms with Crippen LogP contribution in [0.1, 0.15) is 11.3 Å². The summed E-state index contributed by atoms with van der Waals surface area (Å²) >= 11 is 0. The lowest BCUT2D eigenvalue weighted by atomic mass is 10.1. The van der Waals surface area contributed by atoms with Crippen molar-refractivity contribution >= 4 is 5.82 Å². The maximum Gasteiger partial charge on any atom is 0.186 e. The van der Waals surface area contributed by atoms with Gasteiger partial charge in [-0.25, -0.2) is 18.7 Å². The number of nitrogens with one attached hydrogen (secondary N) is 1. The monoisotopic (exact) mass is 249 g/mol. The van der Waals surface area contributed by atoms with Crippen LogP contribution in [-0.2, 0) is 0 Å². The molecule has 94 valence electrons. The highest BCUT2D eigenvalue weighted by Gasteiger charge is 2.13. The molecule has 2 aromatic rings. The van der Waals surface area contributed by atoms with E-state index in [9.17, 15) is 8.78 Å². The minimum absolute atomic E-state index is 0.112. The van der Waals surface area contributed by atoms with E-state index in [1.54, 1.807) is 20.0 Å². The molecule has 2 rings (SSSR count). The summed E-state index contributed by atoms with van der Waals surface area (Å²) in [6.45, 7) is 3.38. The van der Waals surface area contributed by atoms with E-state index < -0.39 is 5.82 Å². The van der Waals surface area contributed by atoms with Crippen LogP contribution in [0.15, 0.2) is 18.2 Å². The Balaban J connectivity index is 2.64. The third-order valence-corrected chi connectivity index (χ3v) is 2.69. The predicted octanol–water partition coefficient (Wildman–Crippen LogP) is 3.08. The van der Waals surface area contributed by atoms with Gasteiger partial charge in [-0.3, -0.25) is 0 Å². The molecule has 0 aliphatic heterocycles. The number of benzene rings is 1. The van der Waals surface area contributed by atoms with Gasteiger partial charge in [0.2, 0.25) is 0 Å². The van der Waals surface area contributed by atoms with Crippen molar-refractivity contribution < 1.29 is 8.78 Å². The smallest absolute Gasteiger partial charge is 0.186 e. The van der Waals surface area contributed by atoms with Gasteiger partial charge < -0.3 is 5.32 Å². The van der Waals surface area contributed by atoms with Crippen LogP contribution < -0.4 is 5.32 Å². The van der Waals surface area contributed by atoms with Gasteiger partial charge in [-0.2, -0.15) is 0 Å². The standard InChI is InChI=1S/C13H13F2N3/c1-7-4-5-9(14)6-10(7)12-17-8(2)11(15)13(16-3)18-12/h4-6H,1-3H3,(H,16,17,18). The van der Waals surface area contributed by atoms with E-state index in [-0.39, 0.29) is 17.3 Å². The summed E-state index contributed by atoms with van der Waals surface area (Å²) < 4.78 is 26.9. The molecule has 1 aromatic heterocycles. The van der Waals surface area contributed by atoms with Crippen molar-refractivity contribution in [2.24, 2.45) is 0 Å². The molecule has 0 radical (unpaired) electrons. The molecule has 0 amide bonds. The van der Waals surface area contributed by atoms with Gasteiger partial charge in [-0.05, 0) is 31.5 Å². The molecular weight excluding hydrogens is 236 g/mol. The highest BCUT2D eigenvalue weighted by molar-refractivity contribution is 5.62. The Labute approximate surface area is 104 Å². The van der Waals surface area contributed by atoms with E-state index in [1.165, 1.54) is 12.1 Å². The number of nitrogens with zero attached hydrogens (tertiary/aromatic N) is 2. The van der Waals surface area contributed by atoms with Crippen molar-refractivity contribution in [1.82, 2.24) is 9.97 Å². The van der Waals surface area contributed by atoms with Crippen LogP contribution in [0.4, 0.5) is 14.6 Å². The molecule has 1 N–H and O–H groups in total. The second-order valence-electron chi connectivity index (χ2n) is 4.00. The molecule has 3 nitrogen and oxygen atoms in total. The third kappa shape index (κ3) is 2.16. The zero-order valence-corrected chi connectivity index (χ0v) is 10.4. The van der Waals surface area contributed by atoms with Gasteiger partial charge in [0.15, 0.2) is 17.5 Å². The molecule has 0 spiro atoms. The van der Waals surface area contributed by atoms with Gasteiger partial charge in [-0.1, -0.05) is 6.07 Å². The van der Waals surface area contributed by atoms with Crippen LogP contribution in [0.3, 0.4) is 0 Å². The van der Waals surface area contributed by atoms with Crippen molar-refractivity contribution in [3.05, 3.63) is 41.1 Å². The Morgan fingerprint density at radius 1 is 1.11 bits per heavy atom. The summed E-state index contributed by atoms with van der Waals surface area (Å²) in [5.74, 6) is -0.432. The molecule has 0 bridgehead atoms. The van der Waals surface area contributed by atoms with Crippen LogP contribution >= 0.6 is 0 Å². The Bertz CT molecular complexity index is 597. The Hall–Kier alpha value is -2.04. The molecular formula is C13H13F2N3. The molecule has 0 saturated carbocycles. The highest BCUT2D eigenvalue weighted by Crippen LogP contribution is 2.24. The number of aromatic nitrogens is 2. The molecule has 0 aliphatic carbocycles. The number of aryl methyl sites for hydroxylation is 2. The summed E-state index contributed by atoms with van der Waals surface area (Å²) in [6, 6.07) is 4.36. The maximum absolute atomic E-state index is 13.6. The molecule has 0 aliphatic rings. The Kier molecular flexibility index (Phi) is 3.23. The molecule has 0 fully saturated rings. The van der Waals surface area contributed by atoms with Gasteiger partial charge in [-0.15, -0.1) is 0 Å². The topological polar surface area (TPSA) is 37.8 Å². The fourth-order valence-corrected chi connectivity index (χ4v) is 1.68. The van der Waals surface area contributed by atoms with Crippen molar-refractivity contribution in [2.45, 2.75) is 13.8 Å². The molecule has 0 atom stereocenters. The second kappa shape index (κ2) is 4.68. The van der Waals surface area contributed by atoms with Crippen molar-refractivity contribution in [2.75, 3.05) is 12.4 Å². The SMILES string of the molecule is CNc1nc(-c2cc(F)ccc2C)nc(C)c1F. The maximum atomic E-state index is 13.6. The average Bonchev–Trinajstić information content (AvgIpc) is 2.35. The quantitative estimate of drug-likeness (QED) is 0.888. The zero-order chi connectivity index (χ0) is 13.3. The predicted molar refractivity (Wildman–Crippen MR) is 66.4 cm³/mol. The molecule has 0 saturated heterocycles. The van der Waals surface area contributed by atoms with Crippen LogP contribution in [0, 0.1) is 25.5 Å². The van der Waals surface area contributed by atoms with E-state index >= 15 is 0 Å². The molecule has 5 heteroatoms. The lowest BCUT2D eigenvalue weighted by Gasteiger charge is -2.09. The largest absolute Gasteiger partial charge is 0.371 e.